The molecule has 0 amide bonds. The van der Waals surface area contributed by atoms with Gasteiger partial charge in [-0.15, -0.1) is 5.10 Å². The molecule has 0 spiro atoms. The first-order chi connectivity index (χ1) is 8.15. The van der Waals surface area contributed by atoms with Crippen LogP contribution in [0.5, 0.6) is 0 Å². The average Bonchev–Trinajstić information content (AvgIpc) is 2.88. The maximum Gasteiger partial charge on any atom is 0.245 e. The van der Waals surface area contributed by atoms with Gasteiger partial charge in [0.2, 0.25) is 11.9 Å². The lowest BCUT2D eigenvalue weighted by Crippen LogP contribution is -2.10. The molecule has 0 aliphatic heterocycles. The average molecular weight is 235 g/mol. The Morgan fingerprint density at radius 1 is 1.41 bits per heavy atom. The first kappa shape index (κ1) is 11.5. The van der Waals surface area contributed by atoms with Crippen molar-refractivity contribution in [2.45, 2.75) is 13.3 Å². The highest BCUT2D eigenvalue weighted by Gasteiger charge is 2.04. The summed E-state index contributed by atoms with van der Waals surface area (Å²) < 4.78 is 5.47. The third-order valence-corrected chi connectivity index (χ3v) is 2.33. The van der Waals surface area contributed by atoms with Crippen LogP contribution in [-0.4, -0.2) is 35.8 Å². The van der Waals surface area contributed by atoms with Gasteiger partial charge in [0, 0.05) is 27.1 Å². The zero-order valence-corrected chi connectivity index (χ0v) is 10.3. The molecule has 0 unspecified atom stereocenters. The molecule has 0 saturated heterocycles. The minimum atomic E-state index is 0.668. The molecule has 0 aliphatic carbocycles. The second-order valence-corrected chi connectivity index (χ2v) is 4.07. The lowest BCUT2D eigenvalue weighted by atomic mass is 10.3. The molecular formula is C11H17N5O. The van der Waals surface area contributed by atoms with Crippen molar-refractivity contribution in [3.05, 3.63) is 23.7 Å². The number of hydrogen-bond donors (Lipinski definition) is 2. The van der Waals surface area contributed by atoms with Crippen LogP contribution in [-0.2, 0) is 6.42 Å². The Kier molecular flexibility index (Phi) is 3.32. The molecule has 0 bridgehead atoms. The Hall–Kier alpha value is -1.98. The smallest absolute Gasteiger partial charge is 0.245 e. The molecule has 2 heterocycles. The third-order valence-electron chi connectivity index (χ3n) is 2.33. The minimum Gasteiger partial charge on any atom is -0.466 e. The predicted molar refractivity (Wildman–Crippen MR) is 66.3 cm³/mol. The third kappa shape index (κ3) is 2.99. The molecule has 0 saturated carbocycles. The van der Waals surface area contributed by atoms with Crippen LogP contribution < -0.4 is 10.2 Å². The maximum absolute atomic E-state index is 5.47. The van der Waals surface area contributed by atoms with E-state index >= 15 is 0 Å². The van der Waals surface area contributed by atoms with Crippen LogP contribution in [0.4, 0.5) is 11.9 Å². The molecule has 0 atom stereocenters. The molecule has 2 aromatic heterocycles. The Balaban J connectivity index is 1.81. The maximum atomic E-state index is 5.47. The van der Waals surface area contributed by atoms with Gasteiger partial charge in [-0.25, -0.2) is 5.10 Å². The van der Waals surface area contributed by atoms with Crippen LogP contribution in [0, 0.1) is 6.92 Å². The Labute approximate surface area is 100 Å². The molecule has 6 heteroatoms. The summed E-state index contributed by atoms with van der Waals surface area (Å²) in [5.74, 6) is 3.26. The number of aryl methyl sites for hydroxylation is 1. The van der Waals surface area contributed by atoms with Gasteiger partial charge < -0.3 is 14.6 Å². The van der Waals surface area contributed by atoms with E-state index in [1.165, 1.54) is 0 Å². The number of anilines is 2. The standard InChI is InChI=1S/C11H17N5O/c1-8-4-5-9(17-8)6-7-12-10-13-11(15-14-10)16(2)3/h4-5H,6-7H2,1-3H3,(H2,12,13,14,15). The van der Waals surface area contributed by atoms with Crippen LogP contribution in [0.1, 0.15) is 11.5 Å². The summed E-state index contributed by atoms with van der Waals surface area (Å²) in [4.78, 5) is 6.11. The van der Waals surface area contributed by atoms with Crippen molar-refractivity contribution < 1.29 is 4.42 Å². The molecule has 0 aromatic carbocycles. The Morgan fingerprint density at radius 3 is 2.82 bits per heavy atom. The van der Waals surface area contributed by atoms with Crippen molar-refractivity contribution in [3.8, 4) is 0 Å². The Morgan fingerprint density at radius 2 is 2.24 bits per heavy atom. The normalized spacial score (nSPS) is 10.5. The molecule has 6 nitrogen and oxygen atoms in total. The van der Waals surface area contributed by atoms with Gasteiger partial charge in [0.15, 0.2) is 0 Å². The molecule has 2 aromatic rings. The van der Waals surface area contributed by atoms with E-state index < -0.39 is 0 Å². The van der Waals surface area contributed by atoms with E-state index in [2.05, 4.69) is 20.5 Å². The minimum absolute atomic E-state index is 0.668. The molecule has 2 rings (SSSR count). The highest BCUT2D eigenvalue weighted by Crippen LogP contribution is 2.08. The van der Waals surface area contributed by atoms with Gasteiger partial charge in [-0.3, -0.25) is 0 Å². The van der Waals surface area contributed by atoms with Crippen molar-refractivity contribution >= 4 is 11.9 Å². The van der Waals surface area contributed by atoms with Gasteiger partial charge >= 0.3 is 0 Å². The van der Waals surface area contributed by atoms with E-state index in [1.54, 1.807) is 0 Å². The van der Waals surface area contributed by atoms with Gasteiger partial charge in [-0.1, -0.05) is 0 Å². The van der Waals surface area contributed by atoms with Crippen molar-refractivity contribution in [1.29, 1.82) is 0 Å². The van der Waals surface area contributed by atoms with Gasteiger partial charge in [0.1, 0.15) is 11.5 Å². The number of furan rings is 1. The topological polar surface area (TPSA) is 70.0 Å². The van der Waals surface area contributed by atoms with E-state index in [0.717, 1.165) is 24.5 Å². The quantitative estimate of drug-likeness (QED) is 0.820. The lowest BCUT2D eigenvalue weighted by Gasteiger charge is -2.03. The Bertz CT molecular complexity index is 474. The summed E-state index contributed by atoms with van der Waals surface area (Å²) in [6, 6.07) is 3.95. The van der Waals surface area contributed by atoms with Crippen molar-refractivity contribution in [2.75, 3.05) is 30.9 Å². The van der Waals surface area contributed by atoms with Gasteiger partial charge in [-0.05, 0) is 19.1 Å². The van der Waals surface area contributed by atoms with Crippen molar-refractivity contribution in [1.82, 2.24) is 15.2 Å². The van der Waals surface area contributed by atoms with Gasteiger partial charge in [-0.2, -0.15) is 4.98 Å². The summed E-state index contributed by atoms with van der Waals surface area (Å²) >= 11 is 0. The van der Waals surface area contributed by atoms with E-state index in [4.69, 9.17) is 4.42 Å². The fraction of sp³-hybridized carbons (Fsp3) is 0.455. The number of nitrogens with one attached hydrogen (secondary N) is 2. The number of hydrogen-bond acceptors (Lipinski definition) is 5. The van der Waals surface area contributed by atoms with Gasteiger partial charge in [0.05, 0.1) is 0 Å². The summed E-state index contributed by atoms with van der Waals surface area (Å²) in [6.07, 6.45) is 0.825. The van der Waals surface area contributed by atoms with Crippen LogP contribution >= 0.6 is 0 Å². The molecule has 2 N–H and O–H groups in total. The largest absolute Gasteiger partial charge is 0.466 e. The second kappa shape index (κ2) is 4.90. The highest BCUT2D eigenvalue weighted by atomic mass is 16.3. The second-order valence-electron chi connectivity index (χ2n) is 4.07. The molecule has 17 heavy (non-hydrogen) atoms. The van der Waals surface area contributed by atoms with Gasteiger partial charge in [0.25, 0.3) is 0 Å². The predicted octanol–water partition coefficient (Wildman–Crippen LogP) is 1.43. The number of rotatable bonds is 5. The number of aromatic nitrogens is 3. The fourth-order valence-corrected chi connectivity index (χ4v) is 1.46. The molecule has 0 radical (unpaired) electrons. The first-order valence-electron chi connectivity index (χ1n) is 5.54. The van der Waals surface area contributed by atoms with Crippen LogP contribution in [0.25, 0.3) is 0 Å². The number of H-pyrrole nitrogens is 1. The number of nitrogens with zero attached hydrogens (tertiary/aromatic N) is 3. The fourth-order valence-electron chi connectivity index (χ4n) is 1.46. The summed E-state index contributed by atoms with van der Waals surface area (Å²) in [7, 11) is 3.80. The van der Waals surface area contributed by atoms with E-state index in [1.807, 2.05) is 38.1 Å². The molecule has 0 aliphatic rings. The first-order valence-corrected chi connectivity index (χ1v) is 5.54. The molecule has 0 fully saturated rings. The summed E-state index contributed by atoms with van der Waals surface area (Å²) in [5.41, 5.74) is 0. The zero-order valence-electron chi connectivity index (χ0n) is 10.3. The monoisotopic (exact) mass is 235 g/mol. The lowest BCUT2D eigenvalue weighted by molar-refractivity contribution is 0.486. The van der Waals surface area contributed by atoms with Crippen LogP contribution in [0.15, 0.2) is 16.5 Å². The zero-order chi connectivity index (χ0) is 12.3. The molecular weight excluding hydrogens is 218 g/mol. The van der Waals surface area contributed by atoms with E-state index in [0.29, 0.717) is 11.9 Å². The summed E-state index contributed by atoms with van der Waals surface area (Å²) in [6.45, 7) is 2.70. The SMILES string of the molecule is Cc1ccc(CCNc2nc(N(C)C)n[nH]2)o1. The van der Waals surface area contributed by atoms with Crippen LogP contribution in [0.2, 0.25) is 0 Å². The summed E-state index contributed by atoms with van der Waals surface area (Å²) in [5, 5.41) is 10.0. The highest BCUT2D eigenvalue weighted by molar-refractivity contribution is 5.34. The van der Waals surface area contributed by atoms with Crippen molar-refractivity contribution in [3.63, 3.8) is 0 Å². The number of aromatic amines is 1. The van der Waals surface area contributed by atoms with Crippen LogP contribution in [0.3, 0.4) is 0 Å². The van der Waals surface area contributed by atoms with Crippen molar-refractivity contribution in [2.24, 2.45) is 0 Å². The molecule has 92 valence electrons. The van der Waals surface area contributed by atoms with E-state index in [-0.39, 0.29) is 0 Å². The van der Waals surface area contributed by atoms with E-state index in [9.17, 15) is 0 Å².